The molecule has 0 saturated heterocycles. The quantitative estimate of drug-likeness (QED) is 0.632. The fourth-order valence-electron chi connectivity index (χ4n) is 1.67. The van der Waals surface area contributed by atoms with Gasteiger partial charge in [0.2, 0.25) is 0 Å². The van der Waals surface area contributed by atoms with Crippen LogP contribution in [-0.4, -0.2) is 5.78 Å². The van der Waals surface area contributed by atoms with Gasteiger partial charge in [-0.2, -0.15) is 0 Å². The number of carbonyl (C=O) groups excluding carboxylic acids is 1. The van der Waals surface area contributed by atoms with Crippen molar-refractivity contribution in [3.05, 3.63) is 71.6 Å². The highest BCUT2D eigenvalue weighted by atomic mass is 16.1. The van der Waals surface area contributed by atoms with E-state index in [-0.39, 0.29) is 5.78 Å². The van der Waals surface area contributed by atoms with Gasteiger partial charge in [0.05, 0.1) is 0 Å². The van der Waals surface area contributed by atoms with Gasteiger partial charge in [0.1, 0.15) is 0 Å². The number of hydrogen-bond donors (Lipinski definition) is 1. The van der Waals surface area contributed by atoms with E-state index in [0.717, 1.165) is 17.8 Å². The monoisotopic (exact) mass is 225 g/mol. The van der Waals surface area contributed by atoms with E-state index in [0.29, 0.717) is 5.56 Å². The zero-order valence-electron chi connectivity index (χ0n) is 9.81. The molecule has 0 fully saturated rings. The van der Waals surface area contributed by atoms with Crippen molar-refractivity contribution in [1.29, 1.82) is 0 Å². The third-order valence-corrected chi connectivity index (χ3v) is 2.58. The first kappa shape index (κ1) is 11.4. The first-order valence-corrected chi connectivity index (χ1v) is 5.67. The summed E-state index contributed by atoms with van der Waals surface area (Å²) in [6.45, 7) is 2.01. The molecule has 2 nitrogen and oxygen atoms in total. The minimum atomic E-state index is 0.0282. The Morgan fingerprint density at radius 2 is 2.00 bits per heavy atom. The SMILES string of the molecule is CC1=CCC=C(C=CC(=O)c2ccccc2)N1. The molecule has 0 amide bonds. The molecule has 1 aliphatic rings. The molecule has 17 heavy (non-hydrogen) atoms. The molecule has 86 valence electrons. The lowest BCUT2D eigenvalue weighted by molar-refractivity contribution is 0.104. The lowest BCUT2D eigenvalue weighted by Crippen LogP contribution is -2.12. The topological polar surface area (TPSA) is 29.1 Å². The number of benzene rings is 1. The maximum absolute atomic E-state index is 11.8. The van der Waals surface area contributed by atoms with Crippen molar-refractivity contribution in [3.8, 4) is 0 Å². The molecule has 0 unspecified atom stereocenters. The number of carbonyl (C=O) groups is 1. The molecule has 0 spiro atoms. The van der Waals surface area contributed by atoms with Crippen molar-refractivity contribution in [2.24, 2.45) is 0 Å². The molecule has 1 aliphatic heterocycles. The standard InChI is InChI=1S/C15H15NO/c1-12-6-5-9-14(16-12)10-11-15(17)13-7-3-2-4-8-13/h2-4,6-11,16H,5H2,1H3. The number of allylic oxidation sites excluding steroid dienone is 5. The molecule has 0 radical (unpaired) electrons. The van der Waals surface area contributed by atoms with E-state index >= 15 is 0 Å². The molecule has 1 N–H and O–H groups in total. The number of dihydropyridines is 1. The highest BCUT2D eigenvalue weighted by Crippen LogP contribution is 2.08. The van der Waals surface area contributed by atoms with E-state index in [1.165, 1.54) is 0 Å². The van der Waals surface area contributed by atoms with E-state index in [9.17, 15) is 4.79 Å². The van der Waals surface area contributed by atoms with Gasteiger partial charge in [-0.05, 0) is 25.5 Å². The highest BCUT2D eigenvalue weighted by molar-refractivity contribution is 6.04. The van der Waals surface area contributed by atoms with E-state index in [1.807, 2.05) is 43.3 Å². The Hall–Kier alpha value is -2.09. The van der Waals surface area contributed by atoms with E-state index in [2.05, 4.69) is 17.5 Å². The summed E-state index contributed by atoms with van der Waals surface area (Å²) in [5.41, 5.74) is 2.82. The van der Waals surface area contributed by atoms with Crippen molar-refractivity contribution in [1.82, 2.24) is 5.32 Å². The molecule has 2 heteroatoms. The zero-order chi connectivity index (χ0) is 12.1. The Morgan fingerprint density at radius 3 is 2.71 bits per heavy atom. The summed E-state index contributed by atoms with van der Waals surface area (Å²) in [7, 11) is 0. The van der Waals surface area contributed by atoms with E-state index in [4.69, 9.17) is 0 Å². The minimum Gasteiger partial charge on any atom is -0.360 e. The van der Waals surface area contributed by atoms with Crippen molar-refractivity contribution >= 4 is 5.78 Å². The maximum Gasteiger partial charge on any atom is 0.185 e. The Morgan fingerprint density at radius 1 is 1.24 bits per heavy atom. The number of nitrogens with one attached hydrogen (secondary N) is 1. The third kappa shape index (κ3) is 3.18. The Bertz CT molecular complexity index is 495. The fourth-order valence-corrected chi connectivity index (χ4v) is 1.67. The second-order valence-corrected chi connectivity index (χ2v) is 3.97. The van der Waals surface area contributed by atoms with Crippen LogP contribution in [0.5, 0.6) is 0 Å². The summed E-state index contributed by atoms with van der Waals surface area (Å²) < 4.78 is 0. The molecular formula is C15H15NO. The molecule has 1 heterocycles. The predicted octanol–water partition coefficient (Wildman–Crippen LogP) is 3.21. The van der Waals surface area contributed by atoms with Crippen molar-refractivity contribution in [2.45, 2.75) is 13.3 Å². The summed E-state index contributed by atoms with van der Waals surface area (Å²) in [4.78, 5) is 11.8. The van der Waals surface area contributed by atoms with Crippen LogP contribution in [0.25, 0.3) is 0 Å². The van der Waals surface area contributed by atoms with Crippen LogP contribution < -0.4 is 5.32 Å². The van der Waals surface area contributed by atoms with Gasteiger partial charge in [-0.15, -0.1) is 0 Å². The molecule has 0 aromatic heterocycles. The van der Waals surface area contributed by atoms with Gasteiger partial charge < -0.3 is 5.32 Å². The molecule has 2 rings (SSSR count). The van der Waals surface area contributed by atoms with Crippen LogP contribution in [-0.2, 0) is 0 Å². The van der Waals surface area contributed by atoms with Crippen LogP contribution in [0.2, 0.25) is 0 Å². The van der Waals surface area contributed by atoms with Gasteiger partial charge in [-0.3, -0.25) is 4.79 Å². The van der Waals surface area contributed by atoms with Crippen LogP contribution >= 0.6 is 0 Å². The van der Waals surface area contributed by atoms with Crippen molar-refractivity contribution < 1.29 is 4.79 Å². The first-order chi connectivity index (χ1) is 8.25. The summed E-state index contributed by atoms with van der Waals surface area (Å²) in [5.74, 6) is 0.0282. The van der Waals surface area contributed by atoms with Crippen LogP contribution in [0.3, 0.4) is 0 Å². The average molecular weight is 225 g/mol. The number of hydrogen-bond acceptors (Lipinski definition) is 2. The molecular weight excluding hydrogens is 210 g/mol. The lowest BCUT2D eigenvalue weighted by Gasteiger charge is -2.11. The fraction of sp³-hybridized carbons (Fsp3) is 0.133. The maximum atomic E-state index is 11.8. The predicted molar refractivity (Wildman–Crippen MR) is 69.5 cm³/mol. The molecule has 0 saturated carbocycles. The summed E-state index contributed by atoms with van der Waals surface area (Å²) in [5, 5.41) is 3.21. The first-order valence-electron chi connectivity index (χ1n) is 5.67. The largest absolute Gasteiger partial charge is 0.360 e. The number of ketones is 1. The Balaban J connectivity index is 2.02. The average Bonchev–Trinajstić information content (AvgIpc) is 2.37. The molecule has 0 bridgehead atoms. The van der Waals surface area contributed by atoms with E-state index < -0.39 is 0 Å². The van der Waals surface area contributed by atoms with Crippen molar-refractivity contribution in [3.63, 3.8) is 0 Å². The van der Waals surface area contributed by atoms with Gasteiger partial charge in [0.15, 0.2) is 5.78 Å². The normalized spacial score (nSPS) is 15.1. The van der Waals surface area contributed by atoms with Crippen LogP contribution in [0, 0.1) is 0 Å². The van der Waals surface area contributed by atoms with Crippen LogP contribution in [0.4, 0.5) is 0 Å². The molecule has 0 atom stereocenters. The summed E-state index contributed by atoms with van der Waals surface area (Å²) in [6.07, 6.45) is 8.51. The van der Waals surface area contributed by atoms with Gasteiger partial charge in [-0.1, -0.05) is 42.5 Å². The van der Waals surface area contributed by atoms with Crippen molar-refractivity contribution in [2.75, 3.05) is 0 Å². The molecule has 0 aliphatic carbocycles. The highest BCUT2D eigenvalue weighted by Gasteiger charge is 2.02. The van der Waals surface area contributed by atoms with Gasteiger partial charge in [-0.25, -0.2) is 0 Å². The van der Waals surface area contributed by atoms with Gasteiger partial charge >= 0.3 is 0 Å². The zero-order valence-corrected chi connectivity index (χ0v) is 9.81. The third-order valence-electron chi connectivity index (χ3n) is 2.58. The second-order valence-electron chi connectivity index (χ2n) is 3.97. The summed E-state index contributed by atoms with van der Waals surface area (Å²) in [6, 6.07) is 9.28. The van der Waals surface area contributed by atoms with Crippen LogP contribution in [0.15, 0.2) is 66.0 Å². The second kappa shape index (κ2) is 5.30. The minimum absolute atomic E-state index is 0.0282. The van der Waals surface area contributed by atoms with Crippen LogP contribution in [0.1, 0.15) is 23.7 Å². The van der Waals surface area contributed by atoms with Gasteiger partial charge in [0, 0.05) is 17.0 Å². The molecule has 1 aromatic carbocycles. The lowest BCUT2D eigenvalue weighted by atomic mass is 10.1. The summed E-state index contributed by atoms with van der Waals surface area (Å²) >= 11 is 0. The van der Waals surface area contributed by atoms with E-state index in [1.54, 1.807) is 6.08 Å². The Kier molecular flexibility index (Phi) is 3.55. The molecule has 1 aromatic rings. The number of rotatable bonds is 3. The Labute approximate surface area is 101 Å². The smallest absolute Gasteiger partial charge is 0.185 e. The van der Waals surface area contributed by atoms with Gasteiger partial charge in [0.25, 0.3) is 0 Å².